The zero-order valence-electron chi connectivity index (χ0n) is 13.0. The van der Waals surface area contributed by atoms with Crippen molar-refractivity contribution in [3.05, 3.63) is 33.4 Å². The quantitative estimate of drug-likeness (QED) is 0.282. The Hall–Kier alpha value is -3.01. The molecule has 9 nitrogen and oxygen atoms in total. The molecule has 10 heteroatoms. The molecule has 24 heavy (non-hydrogen) atoms. The number of nitro groups is 1. The van der Waals surface area contributed by atoms with Gasteiger partial charge in [0.05, 0.1) is 19.1 Å². The topological polar surface area (TPSA) is 111 Å². The second kappa shape index (κ2) is 6.62. The zero-order chi connectivity index (χ0) is 18.0. The first-order valence-corrected chi connectivity index (χ1v) is 6.96. The molecule has 2 amide bonds. The van der Waals surface area contributed by atoms with Gasteiger partial charge < -0.3 is 9.47 Å². The second-order valence-corrected chi connectivity index (χ2v) is 5.09. The van der Waals surface area contributed by atoms with Crippen LogP contribution in [0.2, 0.25) is 0 Å². The molecule has 1 saturated heterocycles. The summed E-state index contributed by atoms with van der Waals surface area (Å²) < 4.78 is 10.1. The van der Waals surface area contributed by atoms with Gasteiger partial charge in [0.2, 0.25) is 5.75 Å². The number of benzene rings is 1. The highest BCUT2D eigenvalue weighted by Crippen LogP contribution is 2.35. The van der Waals surface area contributed by atoms with E-state index < -0.39 is 16.7 Å². The maximum atomic E-state index is 12.2. The van der Waals surface area contributed by atoms with Crippen LogP contribution in [0.15, 0.2) is 17.7 Å². The van der Waals surface area contributed by atoms with E-state index in [-0.39, 0.29) is 33.4 Å². The highest BCUT2D eigenvalue weighted by atomic mass is 32.1. The second-order valence-electron chi connectivity index (χ2n) is 4.70. The van der Waals surface area contributed by atoms with Gasteiger partial charge in [-0.1, -0.05) is 0 Å². The van der Waals surface area contributed by atoms with Gasteiger partial charge in [0.25, 0.3) is 11.8 Å². The number of nitrogens with zero attached hydrogens (tertiary/aromatic N) is 2. The van der Waals surface area contributed by atoms with Crippen LogP contribution in [0.1, 0.15) is 5.56 Å². The van der Waals surface area contributed by atoms with Crippen molar-refractivity contribution in [1.82, 2.24) is 10.2 Å². The van der Waals surface area contributed by atoms with Crippen molar-refractivity contribution in [3.8, 4) is 11.5 Å². The number of nitro benzene ring substituents is 1. The Morgan fingerprint density at radius 1 is 1.25 bits per heavy atom. The number of hydrogen-bond donors (Lipinski definition) is 1. The molecule has 1 aliphatic heterocycles. The average Bonchev–Trinajstić information content (AvgIpc) is 2.55. The van der Waals surface area contributed by atoms with Gasteiger partial charge in [-0.05, 0) is 18.3 Å². The van der Waals surface area contributed by atoms with E-state index in [1.165, 1.54) is 33.4 Å². The largest absolute Gasteiger partial charge is 0.496 e. The molecule has 0 bridgehead atoms. The molecule has 0 radical (unpaired) electrons. The van der Waals surface area contributed by atoms with Crippen molar-refractivity contribution < 1.29 is 24.0 Å². The van der Waals surface area contributed by atoms with Gasteiger partial charge in [-0.2, -0.15) is 0 Å². The van der Waals surface area contributed by atoms with Crippen molar-refractivity contribution in [3.63, 3.8) is 0 Å². The highest BCUT2D eigenvalue weighted by Gasteiger charge is 2.31. The lowest BCUT2D eigenvalue weighted by molar-refractivity contribution is -0.385. The third-order valence-electron chi connectivity index (χ3n) is 3.33. The Morgan fingerprint density at radius 2 is 1.88 bits per heavy atom. The average molecular weight is 351 g/mol. The lowest BCUT2D eigenvalue weighted by Gasteiger charge is -2.25. The number of thiocarbonyl (C=S) groups is 1. The molecule has 1 N–H and O–H groups in total. The molecular weight excluding hydrogens is 338 g/mol. The van der Waals surface area contributed by atoms with Crippen LogP contribution in [-0.2, 0) is 9.59 Å². The Morgan fingerprint density at radius 3 is 2.42 bits per heavy atom. The summed E-state index contributed by atoms with van der Waals surface area (Å²) in [6.07, 6.45) is 1.21. The fourth-order valence-corrected chi connectivity index (χ4v) is 2.24. The minimum atomic E-state index is -0.691. The Balaban J connectivity index is 2.61. The maximum absolute atomic E-state index is 12.2. The Labute approximate surface area is 142 Å². The molecule has 126 valence electrons. The van der Waals surface area contributed by atoms with Crippen molar-refractivity contribution in [2.45, 2.75) is 0 Å². The SMILES string of the molecule is COc1cc(OC)c([N+](=O)[O-])cc1/C=C1/C(=O)NC(=S)N(C)C1=O. The summed E-state index contributed by atoms with van der Waals surface area (Å²) in [5.41, 5.74) is -0.355. The van der Waals surface area contributed by atoms with E-state index in [2.05, 4.69) is 5.32 Å². The zero-order valence-corrected chi connectivity index (χ0v) is 13.8. The first-order valence-electron chi connectivity index (χ1n) is 6.55. The predicted molar refractivity (Wildman–Crippen MR) is 87.7 cm³/mol. The van der Waals surface area contributed by atoms with Crippen molar-refractivity contribution in [1.29, 1.82) is 0 Å². The smallest absolute Gasteiger partial charge is 0.311 e. The first-order chi connectivity index (χ1) is 11.3. The molecular formula is C14H13N3O6S. The minimum Gasteiger partial charge on any atom is -0.496 e. The van der Waals surface area contributed by atoms with Crippen LogP contribution in [0.3, 0.4) is 0 Å². The molecule has 1 aromatic rings. The van der Waals surface area contributed by atoms with E-state index >= 15 is 0 Å². The number of rotatable bonds is 4. The molecule has 1 aliphatic rings. The number of ether oxygens (including phenoxy) is 2. The summed E-state index contributed by atoms with van der Waals surface area (Å²) in [4.78, 5) is 35.8. The van der Waals surface area contributed by atoms with Crippen molar-refractivity contribution in [2.75, 3.05) is 21.3 Å². The fraction of sp³-hybridized carbons (Fsp3) is 0.214. The number of amides is 2. The molecule has 0 spiro atoms. The van der Waals surface area contributed by atoms with E-state index in [0.29, 0.717) is 0 Å². The van der Waals surface area contributed by atoms with Crippen molar-refractivity contribution >= 4 is 40.9 Å². The summed E-state index contributed by atoms with van der Waals surface area (Å²) in [5, 5.41) is 13.5. The maximum Gasteiger partial charge on any atom is 0.311 e. The van der Waals surface area contributed by atoms with Crippen LogP contribution < -0.4 is 14.8 Å². The van der Waals surface area contributed by atoms with Crippen LogP contribution in [0.25, 0.3) is 6.08 Å². The normalized spacial score (nSPS) is 16.2. The summed E-state index contributed by atoms with van der Waals surface area (Å²) in [6, 6.07) is 2.47. The van der Waals surface area contributed by atoms with Crippen molar-refractivity contribution in [2.24, 2.45) is 0 Å². The Kier molecular flexibility index (Phi) is 4.79. The molecule has 0 aliphatic carbocycles. The third-order valence-corrected chi connectivity index (χ3v) is 3.71. The molecule has 0 atom stereocenters. The fourth-order valence-electron chi connectivity index (χ4n) is 2.06. The van der Waals surface area contributed by atoms with E-state index in [1.54, 1.807) is 0 Å². The van der Waals surface area contributed by atoms with Crippen LogP contribution >= 0.6 is 12.2 Å². The summed E-state index contributed by atoms with van der Waals surface area (Å²) in [7, 11) is 4.05. The van der Waals surface area contributed by atoms with Crippen LogP contribution in [0, 0.1) is 10.1 Å². The van der Waals surface area contributed by atoms with E-state index in [0.717, 1.165) is 11.0 Å². The monoisotopic (exact) mass is 351 g/mol. The number of nitrogens with one attached hydrogen (secondary N) is 1. The van der Waals surface area contributed by atoms with E-state index in [9.17, 15) is 19.7 Å². The molecule has 2 rings (SSSR count). The van der Waals surface area contributed by atoms with Gasteiger partial charge in [-0.15, -0.1) is 0 Å². The number of likely N-dealkylation sites (N-methyl/N-ethyl adjacent to an activating group) is 1. The van der Waals surface area contributed by atoms with Gasteiger partial charge in [-0.3, -0.25) is 29.9 Å². The van der Waals surface area contributed by atoms with E-state index in [1.807, 2.05) is 0 Å². The molecule has 0 saturated carbocycles. The van der Waals surface area contributed by atoms with E-state index in [4.69, 9.17) is 21.7 Å². The lowest BCUT2D eigenvalue weighted by atomic mass is 10.1. The van der Waals surface area contributed by atoms with Gasteiger partial charge in [-0.25, -0.2) is 0 Å². The molecule has 0 aromatic heterocycles. The van der Waals surface area contributed by atoms with Crippen LogP contribution in [0.4, 0.5) is 5.69 Å². The number of carbonyl (C=O) groups excluding carboxylic acids is 2. The Bertz CT molecular complexity index is 789. The molecule has 1 aromatic carbocycles. The molecule has 0 unspecified atom stereocenters. The summed E-state index contributed by atoms with van der Waals surface area (Å²) in [5.74, 6) is -1.11. The van der Waals surface area contributed by atoms with Crippen LogP contribution in [0.5, 0.6) is 11.5 Å². The number of hydrogen-bond acceptors (Lipinski definition) is 7. The predicted octanol–water partition coefficient (Wildman–Crippen LogP) is 0.868. The highest BCUT2D eigenvalue weighted by molar-refractivity contribution is 7.80. The van der Waals surface area contributed by atoms with Crippen LogP contribution in [-0.4, -0.2) is 48.0 Å². The minimum absolute atomic E-state index is 0.00304. The van der Waals surface area contributed by atoms with Gasteiger partial charge in [0, 0.05) is 24.7 Å². The van der Waals surface area contributed by atoms with Gasteiger partial charge in [0.15, 0.2) is 5.11 Å². The molecule has 1 fully saturated rings. The molecule has 1 heterocycles. The number of carbonyl (C=O) groups is 2. The summed E-state index contributed by atoms with van der Waals surface area (Å²) >= 11 is 4.85. The lowest BCUT2D eigenvalue weighted by Crippen LogP contribution is -2.52. The summed E-state index contributed by atoms with van der Waals surface area (Å²) in [6.45, 7) is 0. The van der Waals surface area contributed by atoms with Gasteiger partial charge >= 0.3 is 5.69 Å². The van der Waals surface area contributed by atoms with Gasteiger partial charge in [0.1, 0.15) is 11.3 Å². The first kappa shape index (κ1) is 17.3. The number of methoxy groups -OCH3 is 2. The third kappa shape index (κ3) is 3.04. The standard InChI is InChI=1S/C14H13N3O6S/c1-16-13(19)8(12(18)15-14(16)24)4-7-5-9(17(20)21)11(23-3)6-10(7)22-2/h4-6H,1-3H3,(H,15,18,24)/b8-4-.